The van der Waals surface area contributed by atoms with Gasteiger partial charge in [-0.3, -0.25) is 10.2 Å². The molecule has 1 aliphatic carbocycles. The van der Waals surface area contributed by atoms with E-state index in [2.05, 4.69) is 25.9 Å². The van der Waals surface area contributed by atoms with Crippen molar-refractivity contribution in [2.24, 2.45) is 5.73 Å². The summed E-state index contributed by atoms with van der Waals surface area (Å²) in [4.78, 5) is 39.9. The van der Waals surface area contributed by atoms with Crippen LogP contribution in [0.4, 0.5) is 32.2 Å². The quantitative estimate of drug-likeness (QED) is 0.105. The van der Waals surface area contributed by atoms with Gasteiger partial charge in [0, 0.05) is 24.0 Å². The van der Waals surface area contributed by atoms with E-state index in [0.29, 0.717) is 17.9 Å². The molecule has 1 aliphatic rings. The lowest BCUT2D eigenvalue weighted by molar-refractivity contribution is -0.193. The van der Waals surface area contributed by atoms with Gasteiger partial charge >= 0.3 is 24.3 Å². The maximum atomic E-state index is 13.0. The van der Waals surface area contributed by atoms with Gasteiger partial charge in [0.15, 0.2) is 5.96 Å². The van der Waals surface area contributed by atoms with Crippen molar-refractivity contribution in [2.45, 2.75) is 63.6 Å². The number of rotatable bonds is 7. The lowest BCUT2D eigenvalue weighted by Crippen LogP contribution is -2.50. The van der Waals surface area contributed by atoms with Crippen molar-refractivity contribution in [1.29, 1.82) is 5.41 Å². The van der Waals surface area contributed by atoms with Crippen LogP contribution in [0.2, 0.25) is 0 Å². The van der Waals surface area contributed by atoms with Crippen molar-refractivity contribution in [3.63, 3.8) is 0 Å². The number of hydrogen-bond donors (Lipinski definition) is 7. The van der Waals surface area contributed by atoms with Crippen LogP contribution in [0.5, 0.6) is 5.75 Å². The average molecular weight is 690 g/mol. The molecule has 2 aromatic carbocycles. The number of ether oxygens (including phenoxy) is 1. The Kier molecular flexibility index (Phi) is 13.7. The predicted molar refractivity (Wildman–Crippen MR) is 161 cm³/mol. The third-order valence-electron chi connectivity index (χ3n) is 6.58. The van der Waals surface area contributed by atoms with Crippen molar-refractivity contribution in [3.05, 3.63) is 59.4 Å². The maximum absolute atomic E-state index is 13.0. The fraction of sp³-hybridized carbons (Fsp3) is 0.379. The number of carbonyl (C=O) groups excluding carboxylic acids is 1. The molecule has 19 heteroatoms. The molecule has 3 aromatic rings. The molecule has 1 heterocycles. The predicted octanol–water partition coefficient (Wildman–Crippen LogP) is 4.35. The molecule has 48 heavy (non-hydrogen) atoms. The van der Waals surface area contributed by atoms with Crippen LogP contribution in [0, 0.1) is 12.3 Å². The number of aryl methyl sites for hydroxylation is 1. The van der Waals surface area contributed by atoms with E-state index in [1.807, 2.05) is 49.4 Å². The number of benzene rings is 2. The number of halogens is 6. The highest BCUT2D eigenvalue weighted by Crippen LogP contribution is 2.27. The molecular formula is C29H33F6N7O6. The number of nitrogens with one attached hydrogen (secondary N) is 4. The number of alkyl halides is 6. The van der Waals surface area contributed by atoms with Gasteiger partial charge in [-0.25, -0.2) is 19.6 Å². The molecule has 0 saturated heterocycles. The van der Waals surface area contributed by atoms with E-state index in [1.54, 1.807) is 7.11 Å². The third-order valence-corrected chi connectivity index (χ3v) is 6.58. The van der Waals surface area contributed by atoms with Gasteiger partial charge in [0.1, 0.15) is 11.6 Å². The lowest BCUT2D eigenvalue weighted by atomic mass is 9.90. The SMILES string of the molecule is COc1ccc(CNC(=O)c2nc(NC3CCCCC3NC(=N)N)c3cc(C)ccc3n2)cc1.O=C(O)C(F)(F)F.O=C(O)C(F)(F)F. The molecule has 262 valence electrons. The van der Waals surface area contributed by atoms with Crippen LogP contribution >= 0.6 is 0 Å². The minimum Gasteiger partial charge on any atom is -0.497 e. The number of nitrogens with two attached hydrogens (primary N) is 1. The van der Waals surface area contributed by atoms with Gasteiger partial charge in [-0.15, -0.1) is 0 Å². The monoisotopic (exact) mass is 689 g/mol. The Morgan fingerprint density at radius 2 is 1.48 bits per heavy atom. The summed E-state index contributed by atoms with van der Waals surface area (Å²) in [6.07, 6.45) is -6.19. The fourth-order valence-electron chi connectivity index (χ4n) is 4.31. The summed E-state index contributed by atoms with van der Waals surface area (Å²) < 4.78 is 68.7. The first-order chi connectivity index (χ1) is 22.3. The molecule has 1 aromatic heterocycles. The molecule has 2 atom stereocenters. The van der Waals surface area contributed by atoms with Gasteiger partial charge < -0.3 is 36.6 Å². The molecule has 0 bridgehead atoms. The van der Waals surface area contributed by atoms with Gasteiger partial charge in [-0.1, -0.05) is 36.6 Å². The van der Waals surface area contributed by atoms with Gasteiger partial charge in [-0.2, -0.15) is 26.3 Å². The van der Waals surface area contributed by atoms with Gasteiger partial charge in [0.2, 0.25) is 5.82 Å². The van der Waals surface area contributed by atoms with E-state index in [1.165, 1.54) is 0 Å². The lowest BCUT2D eigenvalue weighted by Gasteiger charge is -2.33. The number of fused-ring (bicyclic) bond motifs is 1. The molecular weight excluding hydrogens is 656 g/mol. The normalized spacial score (nSPS) is 15.8. The number of methoxy groups -OCH3 is 1. The largest absolute Gasteiger partial charge is 0.497 e. The Balaban J connectivity index is 0.000000479. The van der Waals surface area contributed by atoms with Gasteiger partial charge in [-0.05, 0) is 49.6 Å². The number of guanidine groups is 1. The number of aliphatic carboxylic acids is 2. The standard InChI is InChI=1S/C25H31N7O2.2C2HF3O2/c1-15-7-12-19-18(13-15)22(30-20-5-3-4-6-21(20)31-25(26)27)32-23(29-19)24(33)28-14-16-8-10-17(34-2)11-9-16;2*3-2(4,5)1(6)7/h7-13,20-21H,3-6,14H2,1-2H3,(H,28,33)(H4,26,27,31)(H,29,30,32);2*(H,6,7). The molecule has 4 rings (SSSR count). The summed E-state index contributed by atoms with van der Waals surface area (Å²) in [5, 5.41) is 32.2. The number of hydrogen-bond acceptors (Lipinski definition) is 8. The first-order valence-electron chi connectivity index (χ1n) is 14.0. The van der Waals surface area contributed by atoms with E-state index in [-0.39, 0.29) is 29.8 Å². The minimum atomic E-state index is -5.08. The molecule has 0 radical (unpaired) electrons. The number of amides is 1. The molecule has 13 nitrogen and oxygen atoms in total. The Morgan fingerprint density at radius 1 is 0.938 bits per heavy atom. The molecule has 8 N–H and O–H groups in total. The summed E-state index contributed by atoms with van der Waals surface area (Å²) in [5.41, 5.74) is 8.34. The number of carboxylic acids is 2. The second kappa shape index (κ2) is 17.0. The Bertz CT molecular complexity index is 1560. The maximum Gasteiger partial charge on any atom is 0.490 e. The van der Waals surface area contributed by atoms with Gasteiger partial charge in [0.25, 0.3) is 5.91 Å². The molecule has 2 unspecified atom stereocenters. The third kappa shape index (κ3) is 12.4. The second-order valence-electron chi connectivity index (χ2n) is 10.3. The summed E-state index contributed by atoms with van der Waals surface area (Å²) in [5.74, 6) is -4.41. The topological polar surface area (TPSA) is 213 Å². The summed E-state index contributed by atoms with van der Waals surface area (Å²) in [7, 11) is 1.62. The summed E-state index contributed by atoms with van der Waals surface area (Å²) >= 11 is 0. The van der Waals surface area contributed by atoms with Crippen molar-refractivity contribution >= 4 is 40.5 Å². The van der Waals surface area contributed by atoms with Crippen LogP contribution in [0.25, 0.3) is 10.9 Å². The van der Waals surface area contributed by atoms with E-state index < -0.39 is 24.3 Å². The van der Waals surface area contributed by atoms with Crippen molar-refractivity contribution in [1.82, 2.24) is 20.6 Å². The van der Waals surface area contributed by atoms with Crippen molar-refractivity contribution in [3.8, 4) is 5.75 Å². The average Bonchev–Trinajstić information content (AvgIpc) is 3.00. The zero-order valence-electron chi connectivity index (χ0n) is 25.5. The molecule has 1 saturated carbocycles. The van der Waals surface area contributed by atoms with Crippen LogP contribution in [0.3, 0.4) is 0 Å². The van der Waals surface area contributed by atoms with E-state index in [0.717, 1.165) is 47.9 Å². The minimum absolute atomic E-state index is 0.0217. The summed E-state index contributed by atoms with van der Waals surface area (Å²) in [6, 6.07) is 13.5. The Hall–Kier alpha value is -5.36. The highest BCUT2D eigenvalue weighted by atomic mass is 19.4. The number of carbonyl (C=O) groups is 3. The Labute approximate surface area is 269 Å². The number of carboxylic acid groups (broad SMARTS) is 2. The van der Waals surface area contributed by atoms with Gasteiger partial charge in [0.05, 0.1) is 12.6 Å². The van der Waals surface area contributed by atoms with Crippen LogP contribution in [-0.4, -0.2) is 75.5 Å². The fourth-order valence-corrected chi connectivity index (χ4v) is 4.31. The zero-order valence-corrected chi connectivity index (χ0v) is 25.5. The molecule has 0 spiro atoms. The highest BCUT2D eigenvalue weighted by Gasteiger charge is 2.39. The number of anilines is 1. The van der Waals surface area contributed by atoms with Crippen molar-refractivity contribution in [2.75, 3.05) is 12.4 Å². The highest BCUT2D eigenvalue weighted by molar-refractivity contribution is 5.96. The van der Waals surface area contributed by atoms with Crippen LogP contribution in [-0.2, 0) is 16.1 Å². The van der Waals surface area contributed by atoms with E-state index in [4.69, 9.17) is 35.7 Å². The second-order valence-corrected chi connectivity index (χ2v) is 10.3. The summed E-state index contributed by atoms with van der Waals surface area (Å²) in [6.45, 7) is 2.37. The van der Waals surface area contributed by atoms with Crippen LogP contribution < -0.4 is 26.4 Å². The van der Waals surface area contributed by atoms with E-state index in [9.17, 15) is 31.1 Å². The zero-order chi connectivity index (χ0) is 36.2. The van der Waals surface area contributed by atoms with Crippen LogP contribution in [0.15, 0.2) is 42.5 Å². The number of nitrogens with zero attached hydrogens (tertiary/aromatic N) is 2. The smallest absolute Gasteiger partial charge is 0.490 e. The number of aromatic nitrogens is 2. The van der Waals surface area contributed by atoms with Crippen molar-refractivity contribution < 1.29 is 55.7 Å². The van der Waals surface area contributed by atoms with Crippen LogP contribution in [0.1, 0.15) is 47.4 Å². The molecule has 1 fully saturated rings. The van der Waals surface area contributed by atoms with E-state index >= 15 is 0 Å². The molecule has 0 aliphatic heterocycles. The molecule has 1 amide bonds. The Morgan fingerprint density at radius 3 is 1.98 bits per heavy atom. The first-order valence-corrected chi connectivity index (χ1v) is 14.0. The first kappa shape index (κ1) is 38.8.